The molecule has 0 saturated heterocycles. The van der Waals surface area contributed by atoms with Gasteiger partial charge in [0, 0.05) is 47.2 Å². The molecule has 0 amide bonds. The zero-order valence-corrected chi connectivity index (χ0v) is 33.2. The van der Waals surface area contributed by atoms with Crippen LogP contribution in [-0.4, -0.2) is 19.6 Å². The average molecular weight is 732 g/mol. The number of aromatic nitrogens is 3. The molecule has 4 nitrogen and oxygen atoms in total. The van der Waals surface area contributed by atoms with Gasteiger partial charge in [-0.2, -0.15) is 0 Å². The normalized spacial score (nSPS) is 11.6. The van der Waals surface area contributed by atoms with Crippen LogP contribution < -0.4 is 0 Å². The molecule has 2 heterocycles. The van der Waals surface area contributed by atoms with Crippen LogP contribution in [0.4, 0.5) is 0 Å². The lowest BCUT2D eigenvalue weighted by molar-refractivity contribution is 0.471. The van der Waals surface area contributed by atoms with E-state index in [1.54, 1.807) is 0 Å². The van der Waals surface area contributed by atoms with E-state index in [0.29, 0.717) is 18.3 Å². The summed E-state index contributed by atoms with van der Waals surface area (Å²) in [7, 11) is 0. The molecule has 0 aliphatic carbocycles. The molecule has 4 heteroatoms. The van der Waals surface area contributed by atoms with Gasteiger partial charge in [0.05, 0.1) is 5.69 Å². The minimum atomic E-state index is 0.254. The van der Waals surface area contributed by atoms with Crippen molar-refractivity contribution in [3.8, 4) is 45.2 Å². The van der Waals surface area contributed by atoms with Crippen molar-refractivity contribution in [3.63, 3.8) is 0 Å². The van der Waals surface area contributed by atoms with Crippen LogP contribution in [-0.2, 0) is 12.8 Å². The zero-order valence-electron chi connectivity index (χ0n) is 33.2. The van der Waals surface area contributed by atoms with Crippen LogP contribution in [0.25, 0.3) is 50.2 Å². The molecule has 0 atom stereocenters. The summed E-state index contributed by atoms with van der Waals surface area (Å²) in [6, 6.07) is 45.3. The first-order chi connectivity index (χ1) is 27.1. The van der Waals surface area contributed by atoms with Crippen LogP contribution >= 0.6 is 0 Å². The minimum absolute atomic E-state index is 0.254. The SMILES string of the molecule is Cc1cc(C)cc(-n2cc(-c3cc(-c4cc(C(C)C)cc(C(C)C)c4)cc(Cc4ccccc4Cc4cncc5ccccc45)c3O)nc2-c2ccccc2)c1. The Kier molecular flexibility index (Phi) is 10.1. The van der Waals surface area contributed by atoms with E-state index in [4.69, 9.17) is 4.98 Å². The van der Waals surface area contributed by atoms with Crippen molar-refractivity contribution in [1.82, 2.24) is 14.5 Å². The quantitative estimate of drug-likeness (QED) is 0.152. The van der Waals surface area contributed by atoms with Gasteiger partial charge in [-0.15, -0.1) is 0 Å². The number of rotatable bonds is 10. The fourth-order valence-electron chi connectivity index (χ4n) is 7.92. The molecule has 6 aromatic carbocycles. The molecule has 0 spiro atoms. The minimum Gasteiger partial charge on any atom is -0.507 e. The summed E-state index contributed by atoms with van der Waals surface area (Å²) in [6.45, 7) is 13.3. The predicted octanol–water partition coefficient (Wildman–Crippen LogP) is 13.2. The molecule has 278 valence electrons. The van der Waals surface area contributed by atoms with E-state index in [1.165, 1.54) is 44.3 Å². The van der Waals surface area contributed by atoms with Crippen molar-refractivity contribution >= 4 is 10.8 Å². The molecule has 8 aromatic rings. The summed E-state index contributed by atoms with van der Waals surface area (Å²) in [5.41, 5.74) is 15.1. The van der Waals surface area contributed by atoms with Gasteiger partial charge in [0.1, 0.15) is 11.6 Å². The van der Waals surface area contributed by atoms with E-state index in [0.717, 1.165) is 56.8 Å². The highest BCUT2D eigenvalue weighted by atomic mass is 16.3. The number of hydrogen-bond donors (Lipinski definition) is 1. The van der Waals surface area contributed by atoms with Crippen molar-refractivity contribution in [2.45, 2.75) is 66.2 Å². The zero-order chi connectivity index (χ0) is 38.9. The van der Waals surface area contributed by atoms with Gasteiger partial charge in [0.15, 0.2) is 0 Å². The van der Waals surface area contributed by atoms with Gasteiger partial charge in [0.25, 0.3) is 0 Å². The third-order valence-electron chi connectivity index (χ3n) is 11.0. The number of aryl methyl sites for hydroxylation is 2. The molecule has 56 heavy (non-hydrogen) atoms. The van der Waals surface area contributed by atoms with E-state index in [-0.39, 0.29) is 5.75 Å². The van der Waals surface area contributed by atoms with Crippen LogP contribution in [0.1, 0.15) is 84.0 Å². The number of phenolic OH excluding ortho intramolecular Hbond substituents is 1. The molecular weight excluding hydrogens is 683 g/mol. The van der Waals surface area contributed by atoms with Gasteiger partial charge in [-0.25, -0.2) is 4.98 Å². The van der Waals surface area contributed by atoms with Crippen molar-refractivity contribution in [3.05, 3.63) is 190 Å². The summed E-state index contributed by atoms with van der Waals surface area (Å²) >= 11 is 0. The van der Waals surface area contributed by atoms with Gasteiger partial charge in [0.2, 0.25) is 0 Å². The van der Waals surface area contributed by atoms with E-state index in [9.17, 15) is 5.11 Å². The Labute approximate surface area is 331 Å². The van der Waals surface area contributed by atoms with Gasteiger partial charge in [-0.05, 0) is 117 Å². The maximum absolute atomic E-state index is 12.5. The fourth-order valence-corrected chi connectivity index (χ4v) is 7.92. The monoisotopic (exact) mass is 731 g/mol. The first-order valence-corrected chi connectivity index (χ1v) is 19.7. The Balaban J connectivity index is 1.31. The number of nitrogens with zero attached hydrogens (tertiary/aromatic N) is 3. The summed E-state index contributed by atoms with van der Waals surface area (Å²) in [5.74, 6) is 1.83. The Hall–Kier alpha value is -6.26. The molecule has 0 radical (unpaired) electrons. The maximum atomic E-state index is 12.5. The molecular formula is C52H49N3O. The molecule has 0 aliphatic rings. The fraction of sp³-hybridized carbons (Fsp3) is 0.192. The molecule has 8 rings (SSSR count). The number of pyridine rings is 1. The van der Waals surface area contributed by atoms with Crippen LogP contribution in [0.3, 0.4) is 0 Å². The number of aromatic hydroxyl groups is 1. The van der Waals surface area contributed by atoms with Gasteiger partial charge in [-0.1, -0.05) is 131 Å². The van der Waals surface area contributed by atoms with Crippen LogP contribution in [0.2, 0.25) is 0 Å². The highest BCUT2D eigenvalue weighted by Crippen LogP contribution is 2.41. The lowest BCUT2D eigenvalue weighted by atomic mass is 9.88. The predicted molar refractivity (Wildman–Crippen MR) is 233 cm³/mol. The second-order valence-corrected chi connectivity index (χ2v) is 15.9. The Morgan fingerprint density at radius 2 is 1.18 bits per heavy atom. The average Bonchev–Trinajstić information content (AvgIpc) is 3.65. The molecule has 2 aromatic heterocycles. The summed E-state index contributed by atoms with van der Waals surface area (Å²) in [5, 5.41) is 14.8. The Bertz CT molecular complexity index is 2630. The molecule has 0 saturated carbocycles. The van der Waals surface area contributed by atoms with E-state index >= 15 is 0 Å². The van der Waals surface area contributed by atoms with E-state index in [2.05, 4.69) is 166 Å². The second kappa shape index (κ2) is 15.5. The number of imidazole rings is 1. The summed E-state index contributed by atoms with van der Waals surface area (Å²) in [6.07, 6.45) is 7.31. The van der Waals surface area contributed by atoms with Crippen LogP contribution in [0, 0.1) is 13.8 Å². The third-order valence-corrected chi connectivity index (χ3v) is 11.0. The highest BCUT2D eigenvalue weighted by Gasteiger charge is 2.21. The molecule has 0 bridgehead atoms. The van der Waals surface area contributed by atoms with Gasteiger partial charge in [-0.3, -0.25) is 9.55 Å². The number of phenols is 1. The molecule has 0 unspecified atom stereocenters. The highest BCUT2D eigenvalue weighted by molar-refractivity contribution is 5.85. The van der Waals surface area contributed by atoms with E-state index in [1.807, 2.05) is 30.6 Å². The number of benzene rings is 6. The molecule has 0 aliphatic heterocycles. The van der Waals surface area contributed by atoms with Crippen molar-refractivity contribution in [2.24, 2.45) is 0 Å². The third kappa shape index (κ3) is 7.52. The maximum Gasteiger partial charge on any atom is 0.145 e. The van der Waals surface area contributed by atoms with Gasteiger partial charge >= 0.3 is 0 Å². The summed E-state index contributed by atoms with van der Waals surface area (Å²) in [4.78, 5) is 9.90. The smallest absolute Gasteiger partial charge is 0.145 e. The standard InChI is InChI=1S/C52H49N3O/c1-33(2)41-25-42(34(3)4)27-43(26-41)44-28-45(23-38-16-10-11-17-39(38)24-46-31-53-30-40-18-12-13-19-48(40)46)51(56)49(29-44)50-32-55(47-21-35(5)20-36(6)22-47)52(54-50)37-14-8-7-9-15-37/h7-22,25-34,56H,23-24H2,1-6H3. The lowest BCUT2D eigenvalue weighted by Crippen LogP contribution is -2.00. The molecule has 0 fully saturated rings. The van der Waals surface area contributed by atoms with Crippen molar-refractivity contribution < 1.29 is 5.11 Å². The lowest BCUT2D eigenvalue weighted by Gasteiger charge is -2.18. The van der Waals surface area contributed by atoms with Crippen molar-refractivity contribution in [1.29, 1.82) is 0 Å². The summed E-state index contributed by atoms with van der Waals surface area (Å²) < 4.78 is 2.17. The second-order valence-electron chi connectivity index (χ2n) is 15.9. The Morgan fingerprint density at radius 1 is 0.571 bits per heavy atom. The molecule has 1 N–H and O–H groups in total. The first-order valence-electron chi connectivity index (χ1n) is 19.7. The van der Waals surface area contributed by atoms with Crippen LogP contribution in [0.5, 0.6) is 5.75 Å². The first kappa shape index (κ1) is 36.7. The number of fused-ring (bicyclic) bond motifs is 1. The largest absolute Gasteiger partial charge is 0.507 e. The van der Waals surface area contributed by atoms with Crippen molar-refractivity contribution in [2.75, 3.05) is 0 Å². The van der Waals surface area contributed by atoms with Crippen LogP contribution in [0.15, 0.2) is 146 Å². The van der Waals surface area contributed by atoms with E-state index < -0.39 is 0 Å². The number of hydrogen-bond acceptors (Lipinski definition) is 3. The van der Waals surface area contributed by atoms with Gasteiger partial charge < -0.3 is 5.11 Å². The topological polar surface area (TPSA) is 50.9 Å². The Morgan fingerprint density at radius 3 is 1.86 bits per heavy atom.